The lowest BCUT2D eigenvalue weighted by molar-refractivity contribution is 0.0332. The molecule has 1 aromatic carbocycles. The molecule has 1 amide bonds. The smallest absolute Gasteiger partial charge is 0.348 e. The second-order valence-corrected chi connectivity index (χ2v) is 7.09. The third-order valence-electron chi connectivity index (χ3n) is 4.27. The van der Waals surface area contributed by atoms with E-state index in [2.05, 4.69) is 10.2 Å². The van der Waals surface area contributed by atoms with Crippen molar-refractivity contribution in [2.24, 2.45) is 0 Å². The standard InChI is InChI=1S/C19H22N2O4S/c1-24-19(23)17-8-7-16(26-17)18(22)20-15(14-5-3-2-4-6-14)13-21-9-11-25-12-10-21/h2-8,15H,9-13H2,1H3,(H,20,22). The maximum atomic E-state index is 12.7. The zero-order valence-corrected chi connectivity index (χ0v) is 15.5. The number of nitrogens with zero attached hydrogens (tertiary/aromatic N) is 1. The lowest BCUT2D eigenvalue weighted by Gasteiger charge is -2.31. The van der Waals surface area contributed by atoms with Crippen LogP contribution in [-0.2, 0) is 9.47 Å². The highest BCUT2D eigenvalue weighted by molar-refractivity contribution is 7.15. The largest absolute Gasteiger partial charge is 0.465 e. The van der Waals surface area contributed by atoms with E-state index in [0.717, 1.165) is 30.0 Å². The minimum Gasteiger partial charge on any atom is -0.465 e. The van der Waals surface area contributed by atoms with Gasteiger partial charge in [-0.05, 0) is 17.7 Å². The predicted molar refractivity (Wildman–Crippen MR) is 99.6 cm³/mol. The molecular formula is C19H22N2O4S. The molecule has 1 aliphatic rings. The first-order chi connectivity index (χ1) is 12.7. The molecule has 1 N–H and O–H groups in total. The number of nitrogens with one attached hydrogen (secondary N) is 1. The van der Waals surface area contributed by atoms with Crippen molar-refractivity contribution >= 4 is 23.2 Å². The van der Waals surface area contributed by atoms with Crippen molar-refractivity contribution in [1.29, 1.82) is 0 Å². The van der Waals surface area contributed by atoms with Crippen molar-refractivity contribution in [3.63, 3.8) is 0 Å². The minimum absolute atomic E-state index is 0.134. The van der Waals surface area contributed by atoms with Crippen LogP contribution < -0.4 is 5.32 Å². The maximum Gasteiger partial charge on any atom is 0.348 e. The molecule has 0 saturated carbocycles. The lowest BCUT2D eigenvalue weighted by atomic mass is 10.1. The summed E-state index contributed by atoms with van der Waals surface area (Å²) in [4.78, 5) is 27.5. The van der Waals surface area contributed by atoms with Crippen LogP contribution in [0.3, 0.4) is 0 Å². The van der Waals surface area contributed by atoms with Crippen LogP contribution >= 0.6 is 11.3 Å². The van der Waals surface area contributed by atoms with Gasteiger partial charge in [0.1, 0.15) is 4.88 Å². The van der Waals surface area contributed by atoms with Gasteiger partial charge in [-0.25, -0.2) is 4.79 Å². The number of thiophene rings is 1. The second kappa shape index (κ2) is 8.93. The third kappa shape index (κ3) is 4.69. The molecule has 1 saturated heterocycles. The Balaban J connectivity index is 1.73. The Morgan fingerprint density at radius 3 is 2.54 bits per heavy atom. The van der Waals surface area contributed by atoms with E-state index < -0.39 is 5.97 Å². The van der Waals surface area contributed by atoms with Crippen LogP contribution in [0.5, 0.6) is 0 Å². The van der Waals surface area contributed by atoms with Gasteiger partial charge in [-0.2, -0.15) is 0 Å². The summed E-state index contributed by atoms with van der Waals surface area (Å²) < 4.78 is 10.1. The van der Waals surface area contributed by atoms with Crippen LogP contribution in [0.25, 0.3) is 0 Å². The van der Waals surface area contributed by atoms with Crippen molar-refractivity contribution in [3.05, 3.63) is 57.8 Å². The summed E-state index contributed by atoms with van der Waals surface area (Å²) in [6, 6.07) is 13.1. The number of hydrogen-bond donors (Lipinski definition) is 1. The molecule has 1 unspecified atom stereocenters. The van der Waals surface area contributed by atoms with E-state index in [9.17, 15) is 9.59 Å². The Kier molecular flexibility index (Phi) is 6.38. The molecule has 1 aliphatic heterocycles. The van der Waals surface area contributed by atoms with Crippen molar-refractivity contribution in [2.45, 2.75) is 6.04 Å². The van der Waals surface area contributed by atoms with Gasteiger partial charge in [0.05, 0.1) is 31.2 Å². The number of ether oxygens (including phenoxy) is 2. The number of rotatable bonds is 6. The van der Waals surface area contributed by atoms with E-state index in [4.69, 9.17) is 9.47 Å². The number of carbonyl (C=O) groups excluding carboxylic acids is 2. The van der Waals surface area contributed by atoms with E-state index >= 15 is 0 Å². The molecule has 0 spiro atoms. The van der Waals surface area contributed by atoms with E-state index in [1.807, 2.05) is 30.3 Å². The summed E-state index contributed by atoms with van der Waals surface area (Å²) in [6.45, 7) is 3.84. The highest BCUT2D eigenvalue weighted by Crippen LogP contribution is 2.20. The monoisotopic (exact) mass is 374 g/mol. The number of esters is 1. The molecule has 138 valence electrons. The molecule has 7 heteroatoms. The van der Waals surface area contributed by atoms with Crippen molar-refractivity contribution in [2.75, 3.05) is 40.0 Å². The summed E-state index contributed by atoms with van der Waals surface area (Å²) in [6.07, 6.45) is 0. The van der Waals surface area contributed by atoms with Crippen molar-refractivity contribution < 1.29 is 19.1 Å². The Labute approximate surface area is 156 Å². The van der Waals surface area contributed by atoms with Crippen LogP contribution in [0, 0.1) is 0 Å². The lowest BCUT2D eigenvalue weighted by Crippen LogP contribution is -2.43. The van der Waals surface area contributed by atoms with Gasteiger partial charge in [-0.1, -0.05) is 30.3 Å². The number of methoxy groups -OCH3 is 1. The molecule has 26 heavy (non-hydrogen) atoms. The summed E-state index contributed by atoms with van der Waals surface area (Å²) >= 11 is 1.14. The third-order valence-corrected chi connectivity index (χ3v) is 5.33. The molecule has 1 aromatic heterocycles. The minimum atomic E-state index is -0.429. The summed E-state index contributed by atoms with van der Waals surface area (Å²) in [7, 11) is 1.33. The molecule has 0 radical (unpaired) electrons. The first-order valence-electron chi connectivity index (χ1n) is 8.51. The Morgan fingerprint density at radius 1 is 1.15 bits per heavy atom. The van der Waals surface area contributed by atoms with Gasteiger partial charge in [0, 0.05) is 19.6 Å². The number of amides is 1. The van der Waals surface area contributed by atoms with Crippen LogP contribution in [0.2, 0.25) is 0 Å². The van der Waals surface area contributed by atoms with Gasteiger partial charge >= 0.3 is 5.97 Å². The maximum absolute atomic E-state index is 12.7. The van der Waals surface area contributed by atoms with Crippen LogP contribution in [0.15, 0.2) is 42.5 Å². The predicted octanol–water partition coefficient (Wildman–Crippen LogP) is 2.34. The molecule has 0 bridgehead atoms. The molecule has 2 heterocycles. The van der Waals surface area contributed by atoms with Crippen LogP contribution in [0.1, 0.15) is 30.9 Å². The Morgan fingerprint density at radius 2 is 1.85 bits per heavy atom. The average molecular weight is 374 g/mol. The SMILES string of the molecule is COC(=O)c1ccc(C(=O)NC(CN2CCOCC2)c2ccccc2)s1. The van der Waals surface area contributed by atoms with Gasteiger partial charge in [0.2, 0.25) is 0 Å². The quantitative estimate of drug-likeness (QED) is 0.786. The van der Waals surface area contributed by atoms with E-state index in [-0.39, 0.29) is 11.9 Å². The Bertz CT molecular complexity index is 741. The first-order valence-corrected chi connectivity index (χ1v) is 9.33. The summed E-state index contributed by atoms with van der Waals surface area (Å²) in [5.74, 6) is -0.616. The van der Waals surface area contributed by atoms with Crippen LogP contribution in [-0.4, -0.2) is 56.7 Å². The molecule has 3 rings (SSSR count). The highest BCUT2D eigenvalue weighted by Gasteiger charge is 2.22. The van der Waals surface area contributed by atoms with Gasteiger partial charge < -0.3 is 14.8 Å². The molecule has 1 fully saturated rings. The van der Waals surface area contributed by atoms with E-state index in [0.29, 0.717) is 29.5 Å². The molecule has 0 aliphatic carbocycles. The molecule has 6 nitrogen and oxygen atoms in total. The molecule has 2 aromatic rings. The van der Waals surface area contributed by atoms with Gasteiger partial charge in [0.25, 0.3) is 5.91 Å². The number of benzene rings is 1. The summed E-state index contributed by atoms with van der Waals surface area (Å²) in [5.41, 5.74) is 1.05. The van der Waals surface area contributed by atoms with Gasteiger partial charge in [0.15, 0.2) is 0 Å². The van der Waals surface area contributed by atoms with Crippen LogP contribution in [0.4, 0.5) is 0 Å². The average Bonchev–Trinajstić information content (AvgIpc) is 3.19. The van der Waals surface area contributed by atoms with E-state index in [1.165, 1.54) is 7.11 Å². The molecular weight excluding hydrogens is 352 g/mol. The van der Waals surface area contributed by atoms with Crippen molar-refractivity contribution in [3.8, 4) is 0 Å². The first kappa shape index (κ1) is 18.6. The van der Waals surface area contributed by atoms with Crippen molar-refractivity contribution in [1.82, 2.24) is 10.2 Å². The van der Waals surface area contributed by atoms with Gasteiger partial charge in [-0.15, -0.1) is 11.3 Å². The molecule has 1 atom stereocenters. The fraction of sp³-hybridized carbons (Fsp3) is 0.368. The zero-order chi connectivity index (χ0) is 18.4. The van der Waals surface area contributed by atoms with Gasteiger partial charge in [-0.3, -0.25) is 9.69 Å². The number of morpholine rings is 1. The summed E-state index contributed by atoms with van der Waals surface area (Å²) in [5, 5.41) is 3.10. The van der Waals surface area contributed by atoms with E-state index in [1.54, 1.807) is 12.1 Å². The number of hydrogen-bond acceptors (Lipinski definition) is 6. The fourth-order valence-electron chi connectivity index (χ4n) is 2.86. The zero-order valence-electron chi connectivity index (χ0n) is 14.6. The topological polar surface area (TPSA) is 67.9 Å². The Hall–Kier alpha value is -2.22. The highest BCUT2D eigenvalue weighted by atomic mass is 32.1. The number of carbonyl (C=O) groups is 2. The fourth-order valence-corrected chi connectivity index (χ4v) is 3.69. The normalized spacial score (nSPS) is 16.0. The second-order valence-electron chi connectivity index (χ2n) is 6.01.